The number of hydrogen-bond acceptors (Lipinski definition) is 4. The summed E-state index contributed by atoms with van der Waals surface area (Å²) >= 11 is 0. The SMILES string of the molecule is CCC(C)C(N)C(=O)N1CCCC1C(=O)N1CCCC1C(=O)O.Cl. The third kappa shape index (κ3) is 4.00. The predicted molar refractivity (Wildman–Crippen MR) is 91.8 cm³/mol. The fraction of sp³-hybridized carbons (Fsp3) is 0.812. The van der Waals surface area contributed by atoms with E-state index >= 15 is 0 Å². The van der Waals surface area contributed by atoms with Gasteiger partial charge in [-0.1, -0.05) is 20.3 Å². The molecule has 2 heterocycles. The Hall–Kier alpha value is -1.34. The lowest BCUT2D eigenvalue weighted by Gasteiger charge is -2.32. The topological polar surface area (TPSA) is 104 Å². The van der Waals surface area contributed by atoms with Crippen LogP contribution in [0.5, 0.6) is 0 Å². The molecule has 2 amide bonds. The van der Waals surface area contributed by atoms with Crippen LogP contribution in [0, 0.1) is 5.92 Å². The van der Waals surface area contributed by atoms with Crippen LogP contribution in [0.1, 0.15) is 46.0 Å². The Labute approximate surface area is 148 Å². The molecular formula is C16H28ClN3O4. The molecule has 2 aliphatic heterocycles. The Morgan fingerprint density at radius 2 is 1.67 bits per heavy atom. The smallest absolute Gasteiger partial charge is 0.326 e. The van der Waals surface area contributed by atoms with E-state index in [-0.39, 0.29) is 30.1 Å². The number of carboxylic acids is 1. The summed E-state index contributed by atoms with van der Waals surface area (Å²) < 4.78 is 0. The van der Waals surface area contributed by atoms with Gasteiger partial charge in [-0.3, -0.25) is 9.59 Å². The molecule has 4 unspecified atom stereocenters. The van der Waals surface area contributed by atoms with Crippen molar-refractivity contribution in [3.8, 4) is 0 Å². The van der Waals surface area contributed by atoms with E-state index in [1.54, 1.807) is 4.90 Å². The largest absolute Gasteiger partial charge is 0.480 e. The van der Waals surface area contributed by atoms with E-state index in [9.17, 15) is 19.5 Å². The van der Waals surface area contributed by atoms with Crippen LogP contribution >= 0.6 is 12.4 Å². The van der Waals surface area contributed by atoms with Crippen molar-refractivity contribution in [2.24, 2.45) is 11.7 Å². The number of likely N-dealkylation sites (tertiary alicyclic amines) is 2. The molecule has 0 aromatic rings. The van der Waals surface area contributed by atoms with Crippen molar-refractivity contribution >= 4 is 30.2 Å². The maximum atomic E-state index is 12.8. The summed E-state index contributed by atoms with van der Waals surface area (Å²) in [4.78, 5) is 39.7. The van der Waals surface area contributed by atoms with Crippen LogP contribution in [0.3, 0.4) is 0 Å². The average molecular weight is 362 g/mol. The highest BCUT2D eigenvalue weighted by Gasteiger charge is 2.43. The van der Waals surface area contributed by atoms with Gasteiger partial charge in [-0.15, -0.1) is 12.4 Å². The van der Waals surface area contributed by atoms with Gasteiger partial charge >= 0.3 is 5.97 Å². The molecule has 3 N–H and O–H groups in total. The van der Waals surface area contributed by atoms with Gasteiger partial charge in [0, 0.05) is 13.1 Å². The fourth-order valence-corrected chi connectivity index (χ4v) is 3.45. The number of carbonyl (C=O) groups excluding carboxylic acids is 2. The summed E-state index contributed by atoms with van der Waals surface area (Å²) in [7, 11) is 0. The predicted octanol–water partition coefficient (Wildman–Crippen LogP) is 0.848. The second-order valence-corrected chi connectivity index (χ2v) is 6.63. The minimum Gasteiger partial charge on any atom is -0.480 e. The van der Waals surface area contributed by atoms with Gasteiger partial charge in [0.15, 0.2) is 0 Å². The number of amides is 2. The first-order valence-corrected chi connectivity index (χ1v) is 8.47. The maximum Gasteiger partial charge on any atom is 0.326 e. The molecule has 0 bridgehead atoms. The van der Waals surface area contributed by atoms with Gasteiger partial charge < -0.3 is 20.6 Å². The van der Waals surface area contributed by atoms with E-state index in [1.807, 2.05) is 13.8 Å². The number of carboxylic acid groups (broad SMARTS) is 1. The summed E-state index contributed by atoms with van der Waals surface area (Å²) in [6, 6.07) is -1.93. The van der Waals surface area contributed by atoms with Gasteiger partial charge in [-0.2, -0.15) is 0 Å². The minimum absolute atomic E-state index is 0. The van der Waals surface area contributed by atoms with Crippen molar-refractivity contribution in [2.45, 2.75) is 64.1 Å². The monoisotopic (exact) mass is 361 g/mol. The quantitative estimate of drug-likeness (QED) is 0.755. The molecule has 2 saturated heterocycles. The Kier molecular flexibility index (Phi) is 7.48. The molecule has 0 radical (unpaired) electrons. The van der Waals surface area contributed by atoms with Gasteiger partial charge in [0.05, 0.1) is 6.04 Å². The third-order valence-corrected chi connectivity index (χ3v) is 5.18. The number of hydrogen-bond donors (Lipinski definition) is 2. The van der Waals surface area contributed by atoms with E-state index in [1.165, 1.54) is 4.90 Å². The first kappa shape index (κ1) is 20.7. The van der Waals surface area contributed by atoms with Gasteiger partial charge in [-0.05, 0) is 31.6 Å². The number of aliphatic carboxylic acids is 1. The summed E-state index contributed by atoms with van der Waals surface area (Å²) in [5, 5.41) is 9.25. The van der Waals surface area contributed by atoms with Crippen LogP contribution in [0.25, 0.3) is 0 Å². The fourth-order valence-electron chi connectivity index (χ4n) is 3.45. The van der Waals surface area contributed by atoms with Crippen molar-refractivity contribution in [2.75, 3.05) is 13.1 Å². The van der Waals surface area contributed by atoms with Crippen LogP contribution in [-0.4, -0.2) is 63.9 Å². The number of halogens is 1. The Bertz CT molecular complexity index is 488. The Morgan fingerprint density at radius 1 is 1.12 bits per heavy atom. The molecule has 138 valence electrons. The van der Waals surface area contributed by atoms with Crippen LogP contribution in [0.2, 0.25) is 0 Å². The lowest BCUT2D eigenvalue weighted by Crippen LogP contribution is -2.55. The molecule has 8 heteroatoms. The minimum atomic E-state index is -0.969. The highest BCUT2D eigenvalue weighted by Crippen LogP contribution is 2.26. The second-order valence-electron chi connectivity index (χ2n) is 6.63. The summed E-state index contributed by atoms with van der Waals surface area (Å²) in [5.41, 5.74) is 6.03. The number of nitrogens with two attached hydrogens (primary N) is 1. The molecular weight excluding hydrogens is 334 g/mol. The molecule has 0 aromatic carbocycles. The van der Waals surface area contributed by atoms with Gasteiger partial charge in [-0.25, -0.2) is 4.79 Å². The van der Waals surface area contributed by atoms with E-state index < -0.39 is 24.1 Å². The summed E-state index contributed by atoms with van der Waals surface area (Å²) in [6.07, 6.45) is 3.30. The third-order valence-electron chi connectivity index (χ3n) is 5.18. The van der Waals surface area contributed by atoms with Crippen molar-refractivity contribution in [1.29, 1.82) is 0 Å². The molecule has 24 heavy (non-hydrogen) atoms. The van der Waals surface area contributed by atoms with Crippen LogP contribution in [0.15, 0.2) is 0 Å². The molecule has 2 aliphatic rings. The van der Waals surface area contributed by atoms with Gasteiger partial charge in [0.2, 0.25) is 11.8 Å². The van der Waals surface area contributed by atoms with Gasteiger partial charge in [0.25, 0.3) is 0 Å². The van der Waals surface area contributed by atoms with Crippen molar-refractivity contribution in [3.05, 3.63) is 0 Å². The van der Waals surface area contributed by atoms with Crippen LogP contribution in [-0.2, 0) is 14.4 Å². The molecule has 0 saturated carbocycles. The number of carbonyl (C=O) groups is 3. The average Bonchev–Trinajstić information content (AvgIpc) is 3.20. The zero-order valence-electron chi connectivity index (χ0n) is 14.3. The Balaban J connectivity index is 0.00000288. The highest BCUT2D eigenvalue weighted by molar-refractivity contribution is 5.92. The van der Waals surface area contributed by atoms with E-state index in [4.69, 9.17) is 5.73 Å². The molecule has 2 fully saturated rings. The zero-order valence-corrected chi connectivity index (χ0v) is 15.1. The first-order chi connectivity index (χ1) is 10.9. The molecule has 4 atom stereocenters. The van der Waals surface area contributed by atoms with E-state index in [0.717, 1.165) is 12.8 Å². The summed E-state index contributed by atoms with van der Waals surface area (Å²) in [5.74, 6) is -1.35. The lowest BCUT2D eigenvalue weighted by molar-refractivity contribution is -0.152. The first-order valence-electron chi connectivity index (χ1n) is 8.47. The summed E-state index contributed by atoms with van der Waals surface area (Å²) in [6.45, 7) is 4.87. The van der Waals surface area contributed by atoms with Gasteiger partial charge in [0.1, 0.15) is 12.1 Å². The van der Waals surface area contributed by atoms with Crippen LogP contribution < -0.4 is 5.73 Å². The maximum absolute atomic E-state index is 12.8. The number of nitrogens with zero attached hydrogens (tertiary/aromatic N) is 2. The molecule has 0 spiro atoms. The lowest BCUT2D eigenvalue weighted by atomic mass is 9.98. The van der Waals surface area contributed by atoms with Crippen LogP contribution in [0.4, 0.5) is 0 Å². The van der Waals surface area contributed by atoms with Crippen molar-refractivity contribution < 1.29 is 19.5 Å². The molecule has 0 aliphatic carbocycles. The highest BCUT2D eigenvalue weighted by atomic mass is 35.5. The van der Waals surface area contributed by atoms with Crippen molar-refractivity contribution in [1.82, 2.24) is 9.80 Å². The standard InChI is InChI=1S/C16H27N3O4.ClH/c1-3-10(2)13(17)15(21)18-8-4-6-11(18)14(20)19-9-5-7-12(19)16(22)23;/h10-13H,3-9,17H2,1-2H3,(H,22,23);1H. The molecule has 2 rings (SSSR count). The molecule has 7 nitrogen and oxygen atoms in total. The zero-order chi connectivity index (χ0) is 17.1. The number of rotatable bonds is 5. The Morgan fingerprint density at radius 3 is 2.21 bits per heavy atom. The molecule has 0 aromatic heterocycles. The van der Waals surface area contributed by atoms with E-state index in [0.29, 0.717) is 32.4 Å². The second kappa shape index (κ2) is 8.67. The van der Waals surface area contributed by atoms with E-state index in [2.05, 4.69) is 0 Å². The normalized spacial score (nSPS) is 26.0. The van der Waals surface area contributed by atoms with Crippen molar-refractivity contribution in [3.63, 3.8) is 0 Å².